The predicted molar refractivity (Wildman–Crippen MR) is 65.8 cm³/mol. The van der Waals surface area contributed by atoms with Crippen LogP contribution in [0.5, 0.6) is 0 Å². The van der Waals surface area contributed by atoms with Gasteiger partial charge in [-0.25, -0.2) is 0 Å². The molecule has 1 fully saturated rings. The van der Waals surface area contributed by atoms with E-state index < -0.39 is 0 Å². The molecule has 2 nitrogen and oxygen atoms in total. The molecule has 0 spiro atoms. The van der Waals surface area contributed by atoms with Crippen molar-refractivity contribution < 1.29 is 4.42 Å². The molecule has 0 aliphatic carbocycles. The number of hydrogen-bond donors (Lipinski definition) is 0. The van der Waals surface area contributed by atoms with Crippen molar-refractivity contribution in [1.82, 2.24) is 0 Å². The third-order valence-corrected chi connectivity index (χ3v) is 3.76. The number of hydrogen-bond acceptors (Lipinski definition) is 3. The molecule has 0 N–H and O–H groups in total. The second-order valence-electron chi connectivity index (χ2n) is 3.74. The quantitative estimate of drug-likeness (QED) is 0.733. The van der Waals surface area contributed by atoms with Crippen LogP contribution in [0.3, 0.4) is 0 Å². The van der Waals surface area contributed by atoms with Gasteiger partial charge in [-0.2, -0.15) is 11.8 Å². The summed E-state index contributed by atoms with van der Waals surface area (Å²) >= 11 is 2.03. The summed E-state index contributed by atoms with van der Waals surface area (Å²) < 4.78 is 5.42. The Hall–Kier alpha value is -1.09. The van der Waals surface area contributed by atoms with Crippen LogP contribution in [0, 0.1) is 0 Å². The van der Waals surface area contributed by atoms with Crippen LogP contribution in [0.25, 0.3) is 11.0 Å². The summed E-state index contributed by atoms with van der Waals surface area (Å²) in [6.07, 6.45) is 1.75. The minimum Gasteiger partial charge on any atom is -0.464 e. The fraction of sp³-hybridized carbons (Fsp3) is 0.333. The smallest absolute Gasteiger partial charge is 0.135 e. The Morgan fingerprint density at radius 1 is 1.13 bits per heavy atom. The number of nitrogens with zero attached hydrogens (tertiary/aromatic N) is 1. The molecule has 1 aliphatic rings. The zero-order chi connectivity index (χ0) is 10.1. The van der Waals surface area contributed by atoms with E-state index in [9.17, 15) is 0 Å². The summed E-state index contributed by atoms with van der Waals surface area (Å²) in [4.78, 5) is 2.43. The van der Waals surface area contributed by atoms with Gasteiger partial charge in [0.1, 0.15) is 5.58 Å². The van der Waals surface area contributed by atoms with Crippen LogP contribution in [0.1, 0.15) is 0 Å². The number of benzene rings is 1. The second-order valence-corrected chi connectivity index (χ2v) is 4.97. The largest absolute Gasteiger partial charge is 0.464 e. The van der Waals surface area contributed by atoms with E-state index in [1.807, 2.05) is 17.8 Å². The summed E-state index contributed by atoms with van der Waals surface area (Å²) in [5.74, 6) is 2.46. The summed E-state index contributed by atoms with van der Waals surface area (Å²) in [5.41, 5.74) is 2.28. The van der Waals surface area contributed by atoms with Crippen molar-refractivity contribution in [2.75, 3.05) is 29.5 Å². The van der Waals surface area contributed by atoms with E-state index >= 15 is 0 Å². The molecular weight excluding hydrogens is 206 g/mol. The van der Waals surface area contributed by atoms with Gasteiger partial charge in [-0.1, -0.05) is 0 Å². The normalized spacial score (nSPS) is 17.2. The van der Waals surface area contributed by atoms with Gasteiger partial charge >= 0.3 is 0 Å². The fourth-order valence-corrected chi connectivity index (χ4v) is 2.86. The van der Waals surface area contributed by atoms with Crippen LogP contribution in [0.2, 0.25) is 0 Å². The lowest BCUT2D eigenvalue weighted by Gasteiger charge is -2.28. The van der Waals surface area contributed by atoms with Gasteiger partial charge in [-0.3, -0.25) is 0 Å². The second kappa shape index (κ2) is 3.81. The Morgan fingerprint density at radius 3 is 2.87 bits per heavy atom. The number of thioether (sulfide) groups is 1. The Morgan fingerprint density at radius 2 is 2.00 bits per heavy atom. The van der Waals surface area contributed by atoms with E-state index in [2.05, 4.69) is 23.1 Å². The van der Waals surface area contributed by atoms with Gasteiger partial charge in [0, 0.05) is 41.7 Å². The van der Waals surface area contributed by atoms with Gasteiger partial charge < -0.3 is 9.32 Å². The molecule has 78 valence electrons. The molecular formula is C12H13NOS. The highest BCUT2D eigenvalue weighted by atomic mass is 32.2. The molecule has 0 radical (unpaired) electrons. The molecule has 3 rings (SSSR count). The molecule has 3 heteroatoms. The molecule has 1 aromatic heterocycles. The molecule has 2 aromatic rings. The standard InChI is InChI=1S/C12H13NOS/c1-2-11(13-4-7-15-8-5-13)9-12-10(1)3-6-14-12/h1-3,6,9H,4-5,7-8H2. The minimum absolute atomic E-state index is 0.991. The number of anilines is 1. The molecule has 0 bridgehead atoms. The summed E-state index contributed by atoms with van der Waals surface area (Å²) in [7, 11) is 0. The fourth-order valence-electron chi connectivity index (χ4n) is 1.96. The molecule has 15 heavy (non-hydrogen) atoms. The molecule has 1 saturated heterocycles. The summed E-state index contributed by atoms with van der Waals surface area (Å²) in [6, 6.07) is 8.47. The van der Waals surface area contributed by atoms with Crippen molar-refractivity contribution in [2.45, 2.75) is 0 Å². The molecule has 2 heterocycles. The zero-order valence-electron chi connectivity index (χ0n) is 8.48. The van der Waals surface area contributed by atoms with E-state index in [1.54, 1.807) is 6.26 Å². The Bertz CT molecular complexity index is 459. The van der Waals surface area contributed by atoms with Gasteiger partial charge in [0.15, 0.2) is 0 Å². The minimum atomic E-state index is 0.991. The average molecular weight is 219 g/mol. The van der Waals surface area contributed by atoms with E-state index in [0.717, 1.165) is 18.7 Å². The Kier molecular flexibility index (Phi) is 2.33. The molecule has 1 aliphatic heterocycles. The topological polar surface area (TPSA) is 16.4 Å². The highest BCUT2D eigenvalue weighted by Crippen LogP contribution is 2.24. The number of rotatable bonds is 1. The third kappa shape index (κ3) is 1.72. The first-order chi connectivity index (χ1) is 7.43. The average Bonchev–Trinajstić information content (AvgIpc) is 2.77. The third-order valence-electron chi connectivity index (χ3n) is 2.82. The highest BCUT2D eigenvalue weighted by molar-refractivity contribution is 7.99. The predicted octanol–water partition coefficient (Wildman–Crippen LogP) is 2.99. The van der Waals surface area contributed by atoms with Crippen molar-refractivity contribution in [3.63, 3.8) is 0 Å². The van der Waals surface area contributed by atoms with Gasteiger partial charge in [-0.15, -0.1) is 0 Å². The maximum Gasteiger partial charge on any atom is 0.135 e. The first kappa shape index (κ1) is 9.16. The first-order valence-corrected chi connectivity index (χ1v) is 6.39. The Balaban J connectivity index is 1.95. The van der Waals surface area contributed by atoms with Crippen LogP contribution in [0.15, 0.2) is 34.9 Å². The number of furan rings is 1. The lowest BCUT2D eigenvalue weighted by Crippen LogP contribution is -2.32. The van der Waals surface area contributed by atoms with E-state index in [-0.39, 0.29) is 0 Å². The highest BCUT2D eigenvalue weighted by Gasteiger charge is 2.11. The lowest BCUT2D eigenvalue weighted by atomic mass is 10.2. The van der Waals surface area contributed by atoms with Crippen molar-refractivity contribution >= 4 is 28.4 Å². The first-order valence-electron chi connectivity index (χ1n) is 5.23. The molecule has 0 unspecified atom stereocenters. The van der Waals surface area contributed by atoms with E-state index in [0.29, 0.717) is 0 Å². The summed E-state index contributed by atoms with van der Waals surface area (Å²) in [5, 5.41) is 1.19. The van der Waals surface area contributed by atoms with Crippen LogP contribution >= 0.6 is 11.8 Å². The van der Waals surface area contributed by atoms with Gasteiger partial charge in [0.05, 0.1) is 6.26 Å². The maximum atomic E-state index is 5.42. The monoisotopic (exact) mass is 219 g/mol. The van der Waals surface area contributed by atoms with Gasteiger partial charge in [-0.05, 0) is 18.2 Å². The summed E-state index contributed by atoms with van der Waals surface area (Å²) in [6.45, 7) is 2.30. The van der Waals surface area contributed by atoms with Crippen molar-refractivity contribution in [1.29, 1.82) is 0 Å². The molecule has 0 saturated carbocycles. The molecule has 1 aromatic carbocycles. The van der Waals surface area contributed by atoms with Crippen LogP contribution < -0.4 is 4.90 Å². The van der Waals surface area contributed by atoms with Gasteiger partial charge in [0.2, 0.25) is 0 Å². The SMILES string of the molecule is c1cc2ccc(N3CCSCC3)cc2o1. The van der Waals surface area contributed by atoms with Crippen LogP contribution in [-0.4, -0.2) is 24.6 Å². The molecule has 0 atom stereocenters. The van der Waals surface area contributed by atoms with Crippen molar-refractivity contribution in [2.24, 2.45) is 0 Å². The van der Waals surface area contributed by atoms with Crippen LogP contribution in [0.4, 0.5) is 5.69 Å². The van der Waals surface area contributed by atoms with Gasteiger partial charge in [0.25, 0.3) is 0 Å². The Labute approximate surface area is 93.2 Å². The van der Waals surface area contributed by atoms with Crippen molar-refractivity contribution in [3.05, 3.63) is 30.5 Å². The lowest BCUT2D eigenvalue weighted by molar-refractivity contribution is 0.615. The van der Waals surface area contributed by atoms with Crippen molar-refractivity contribution in [3.8, 4) is 0 Å². The van der Waals surface area contributed by atoms with Crippen LogP contribution in [-0.2, 0) is 0 Å². The zero-order valence-corrected chi connectivity index (χ0v) is 9.30. The van der Waals surface area contributed by atoms with E-state index in [4.69, 9.17) is 4.42 Å². The molecule has 0 amide bonds. The maximum absolute atomic E-state index is 5.42. The number of fused-ring (bicyclic) bond motifs is 1. The van der Waals surface area contributed by atoms with E-state index in [1.165, 1.54) is 22.6 Å².